The molecule has 1 saturated heterocycles. The molecule has 4 nitrogen and oxygen atoms in total. The molecule has 0 aromatic heterocycles. The maximum Gasteiger partial charge on any atom is 0.320 e. The van der Waals surface area contributed by atoms with Crippen LogP contribution in [0, 0.1) is 5.92 Å². The standard InChI is InChI=1S/C24H33NO3Si/c1-5-25-17-19(16-22(25)23(26)27)18-28-29(24(2,3)4,20-12-8-6-9-13-20)21-14-10-7-11-15-21/h6-15,19,22H,5,16-18H2,1-4H3,(H,26,27). The molecule has 5 heteroatoms. The first kappa shape index (κ1) is 21.7. The fraction of sp³-hybridized carbons (Fsp3) is 0.458. The Morgan fingerprint density at radius 3 is 1.97 bits per heavy atom. The second kappa shape index (κ2) is 8.82. The summed E-state index contributed by atoms with van der Waals surface area (Å²) >= 11 is 0. The summed E-state index contributed by atoms with van der Waals surface area (Å²) in [6.45, 7) is 11.0. The molecule has 2 atom stereocenters. The molecule has 0 amide bonds. The monoisotopic (exact) mass is 411 g/mol. The first-order valence-electron chi connectivity index (χ1n) is 10.5. The summed E-state index contributed by atoms with van der Waals surface area (Å²) in [4.78, 5) is 13.7. The highest BCUT2D eigenvalue weighted by Gasteiger charge is 2.50. The molecule has 2 unspecified atom stereocenters. The van der Waals surface area contributed by atoms with Gasteiger partial charge in [0, 0.05) is 13.2 Å². The number of likely N-dealkylation sites (tertiary alicyclic amines) is 1. The third-order valence-electron chi connectivity index (χ3n) is 6.13. The molecule has 0 spiro atoms. The average molecular weight is 412 g/mol. The van der Waals surface area contributed by atoms with Crippen LogP contribution in [0.1, 0.15) is 34.1 Å². The van der Waals surface area contributed by atoms with Gasteiger partial charge in [0.25, 0.3) is 8.32 Å². The lowest BCUT2D eigenvalue weighted by Gasteiger charge is -2.43. The summed E-state index contributed by atoms with van der Waals surface area (Å²) in [5, 5.41) is 12.0. The SMILES string of the molecule is CCN1CC(CO[Si](c2ccccc2)(c2ccccc2)C(C)(C)C)CC1C(=O)O. The lowest BCUT2D eigenvalue weighted by Crippen LogP contribution is -2.67. The Hall–Kier alpha value is -1.95. The fourth-order valence-corrected chi connectivity index (χ4v) is 9.37. The van der Waals surface area contributed by atoms with Gasteiger partial charge in [0.1, 0.15) is 6.04 Å². The Bertz CT molecular complexity index is 764. The van der Waals surface area contributed by atoms with Crippen LogP contribution >= 0.6 is 0 Å². The lowest BCUT2D eigenvalue weighted by atomic mass is 10.1. The van der Waals surface area contributed by atoms with Crippen LogP contribution in [-0.2, 0) is 9.22 Å². The Morgan fingerprint density at radius 2 is 1.59 bits per heavy atom. The molecule has 1 N–H and O–H groups in total. The van der Waals surface area contributed by atoms with Crippen LogP contribution in [0.5, 0.6) is 0 Å². The van der Waals surface area contributed by atoms with E-state index in [2.05, 4.69) is 74.2 Å². The second-order valence-corrected chi connectivity index (χ2v) is 13.3. The first-order chi connectivity index (χ1) is 13.8. The summed E-state index contributed by atoms with van der Waals surface area (Å²) in [6.07, 6.45) is 0.654. The summed E-state index contributed by atoms with van der Waals surface area (Å²) in [5.74, 6) is -0.488. The number of rotatable bonds is 7. The van der Waals surface area contributed by atoms with Crippen molar-refractivity contribution in [2.75, 3.05) is 19.7 Å². The van der Waals surface area contributed by atoms with E-state index in [9.17, 15) is 9.90 Å². The van der Waals surface area contributed by atoms with Crippen molar-refractivity contribution in [3.05, 3.63) is 60.7 Å². The Balaban J connectivity index is 1.96. The smallest absolute Gasteiger partial charge is 0.320 e. The number of nitrogens with zero attached hydrogens (tertiary/aromatic N) is 1. The molecular weight excluding hydrogens is 378 g/mol. The van der Waals surface area contributed by atoms with Crippen molar-refractivity contribution in [1.29, 1.82) is 0 Å². The number of hydrogen-bond donors (Lipinski definition) is 1. The van der Waals surface area contributed by atoms with E-state index in [1.807, 2.05) is 19.1 Å². The summed E-state index contributed by atoms with van der Waals surface area (Å²) < 4.78 is 6.99. The van der Waals surface area contributed by atoms with E-state index in [-0.39, 0.29) is 11.0 Å². The average Bonchev–Trinajstić information content (AvgIpc) is 3.13. The predicted octanol–water partition coefficient (Wildman–Crippen LogP) is 3.36. The quantitative estimate of drug-likeness (QED) is 0.710. The van der Waals surface area contributed by atoms with Gasteiger partial charge in [0.2, 0.25) is 0 Å². The molecule has 0 bridgehead atoms. The normalized spacial score (nSPS) is 20.7. The Kier molecular flexibility index (Phi) is 6.61. The molecule has 1 fully saturated rings. The maximum absolute atomic E-state index is 11.6. The number of benzene rings is 2. The fourth-order valence-electron chi connectivity index (χ4n) is 4.73. The lowest BCUT2D eigenvalue weighted by molar-refractivity contribution is -0.142. The summed E-state index contributed by atoms with van der Waals surface area (Å²) in [7, 11) is -2.56. The van der Waals surface area contributed by atoms with E-state index in [4.69, 9.17) is 4.43 Å². The summed E-state index contributed by atoms with van der Waals surface area (Å²) in [6, 6.07) is 20.8. The topological polar surface area (TPSA) is 49.8 Å². The number of aliphatic carboxylic acids is 1. The van der Waals surface area contributed by atoms with Crippen LogP contribution in [0.2, 0.25) is 5.04 Å². The largest absolute Gasteiger partial charge is 0.480 e. The van der Waals surface area contributed by atoms with Gasteiger partial charge in [-0.25, -0.2) is 0 Å². The van der Waals surface area contributed by atoms with Crippen molar-refractivity contribution < 1.29 is 14.3 Å². The highest BCUT2D eigenvalue weighted by molar-refractivity contribution is 6.99. The van der Waals surface area contributed by atoms with Crippen molar-refractivity contribution in [1.82, 2.24) is 4.90 Å². The Labute approximate surface area is 175 Å². The van der Waals surface area contributed by atoms with E-state index >= 15 is 0 Å². The predicted molar refractivity (Wildman–Crippen MR) is 120 cm³/mol. The van der Waals surface area contributed by atoms with Gasteiger partial charge in [-0.1, -0.05) is 88.4 Å². The van der Waals surface area contributed by atoms with Crippen LogP contribution in [0.25, 0.3) is 0 Å². The third kappa shape index (κ3) is 4.32. The third-order valence-corrected chi connectivity index (χ3v) is 11.1. The molecule has 1 aliphatic rings. The molecule has 1 aliphatic heterocycles. The minimum absolute atomic E-state index is 0.0645. The molecule has 2 aromatic carbocycles. The molecule has 3 rings (SSSR count). The number of hydrogen-bond acceptors (Lipinski definition) is 3. The Morgan fingerprint density at radius 1 is 1.07 bits per heavy atom. The number of carbonyl (C=O) groups is 1. The molecular formula is C24H33NO3Si. The van der Waals surface area contributed by atoms with Crippen molar-refractivity contribution in [2.45, 2.75) is 45.2 Å². The van der Waals surface area contributed by atoms with Gasteiger partial charge in [-0.2, -0.15) is 0 Å². The van der Waals surface area contributed by atoms with Crippen LogP contribution in [0.3, 0.4) is 0 Å². The molecule has 29 heavy (non-hydrogen) atoms. The molecule has 0 saturated carbocycles. The van der Waals surface area contributed by atoms with E-state index in [0.717, 1.165) is 13.1 Å². The molecule has 2 aromatic rings. The van der Waals surface area contributed by atoms with Crippen LogP contribution in [-0.4, -0.2) is 50.0 Å². The minimum Gasteiger partial charge on any atom is -0.480 e. The van der Waals surface area contributed by atoms with Crippen LogP contribution in [0.15, 0.2) is 60.7 Å². The highest BCUT2D eigenvalue weighted by atomic mass is 28.4. The molecule has 156 valence electrons. The van der Waals surface area contributed by atoms with Crippen LogP contribution in [0.4, 0.5) is 0 Å². The molecule has 0 radical (unpaired) electrons. The first-order valence-corrected chi connectivity index (χ1v) is 12.4. The highest BCUT2D eigenvalue weighted by Crippen LogP contribution is 2.37. The summed E-state index contributed by atoms with van der Waals surface area (Å²) in [5.41, 5.74) is 0. The van der Waals surface area contributed by atoms with Crippen LogP contribution < -0.4 is 10.4 Å². The van der Waals surface area contributed by atoms with Gasteiger partial charge in [0.15, 0.2) is 0 Å². The van der Waals surface area contributed by atoms with Gasteiger partial charge in [-0.3, -0.25) is 9.69 Å². The maximum atomic E-state index is 11.6. The zero-order valence-corrected chi connectivity index (χ0v) is 19.0. The van der Waals surface area contributed by atoms with Crippen molar-refractivity contribution >= 4 is 24.7 Å². The molecule has 0 aliphatic carbocycles. The van der Waals surface area contributed by atoms with Gasteiger partial charge in [-0.05, 0) is 34.3 Å². The van der Waals surface area contributed by atoms with Crippen molar-refractivity contribution in [3.8, 4) is 0 Å². The zero-order valence-electron chi connectivity index (χ0n) is 18.0. The van der Waals surface area contributed by atoms with Crippen molar-refractivity contribution in [3.63, 3.8) is 0 Å². The number of carboxylic acid groups (broad SMARTS) is 1. The second-order valence-electron chi connectivity index (χ2n) is 9.02. The van der Waals surface area contributed by atoms with Gasteiger partial charge >= 0.3 is 5.97 Å². The van der Waals surface area contributed by atoms with E-state index in [1.165, 1.54) is 10.4 Å². The zero-order chi connectivity index (χ0) is 21.1. The number of likely N-dealkylation sites (N-methyl/N-ethyl adjacent to an activating group) is 1. The van der Waals surface area contributed by atoms with Crippen molar-refractivity contribution in [2.24, 2.45) is 5.92 Å². The minimum atomic E-state index is -2.56. The van der Waals surface area contributed by atoms with Gasteiger partial charge in [-0.15, -0.1) is 0 Å². The van der Waals surface area contributed by atoms with E-state index < -0.39 is 20.3 Å². The van der Waals surface area contributed by atoms with Gasteiger partial charge < -0.3 is 9.53 Å². The molecule has 1 heterocycles. The van der Waals surface area contributed by atoms with E-state index in [0.29, 0.717) is 13.0 Å². The number of carboxylic acids is 1. The van der Waals surface area contributed by atoms with Gasteiger partial charge in [0.05, 0.1) is 0 Å². The van der Waals surface area contributed by atoms with E-state index in [1.54, 1.807) is 0 Å².